The van der Waals surface area contributed by atoms with Crippen LogP contribution in [0.25, 0.3) is 0 Å². The number of alkyl halides is 6. The van der Waals surface area contributed by atoms with Gasteiger partial charge in [-0.25, -0.2) is 0 Å². The van der Waals surface area contributed by atoms with Crippen LogP contribution in [-0.2, 0) is 17.5 Å². The molecule has 1 aromatic rings. The zero-order valence-corrected chi connectivity index (χ0v) is 17.6. The lowest BCUT2D eigenvalue weighted by molar-refractivity contribution is -0.140. The van der Waals surface area contributed by atoms with Crippen LogP contribution in [0.5, 0.6) is 0 Å². The van der Waals surface area contributed by atoms with Gasteiger partial charge in [0, 0.05) is 24.0 Å². The Morgan fingerprint density at radius 1 is 1.16 bits per heavy atom. The molecule has 1 heterocycles. The first kappa shape index (κ1) is 24.6. The molecule has 3 rings (SSSR count). The fraction of sp³-hybridized carbons (Fsp3) is 0.500. The van der Waals surface area contributed by atoms with E-state index in [1.165, 1.54) is 12.1 Å². The van der Waals surface area contributed by atoms with E-state index in [-0.39, 0.29) is 41.8 Å². The SMILES string of the molecule is O=C(O)C[C@H]1CCN(Cc2cc(Cl)ccc2C(F)(F)F)[C@@H](C2C=CC(C(F)(F)F)=CC2)C1. The van der Waals surface area contributed by atoms with Gasteiger partial charge in [-0.2, -0.15) is 26.3 Å². The van der Waals surface area contributed by atoms with Crippen molar-refractivity contribution < 1.29 is 36.2 Å². The number of rotatable bonds is 5. The molecule has 2 aliphatic rings. The van der Waals surface area contributed by atoms with Gasteiger partial charge in [-0.05, 0) is 61.4 Å². The number of carboxylic acids is 1. The first-order chi connectivity index (χ1) is 14.8. The van der Waals surface area contributed by atoms with Crippen molar-refractivity contribution in [1.82, 2.24) is 4.90 Å². The largest absolute Gasteiger partial charge is 0.481 e. The van der Waals surface area contributed by atoms with Crippen LogP contribution in [0.15, 0.2) is 42.0 Å². The molecule has 3 nitrogen and oxygen atoms in total. The van der Waals surface area contributed by atoms with E-state index in [2.05, 4.69) is 0 Å². The van der Waals surface area contributed by atoms with Crippen molar-refractivity contribution in [3.8, 4) is 0 Å². The van der Waals surface area contributed by atoms with Crippen molar-refractivity contribution in [1.29, 1.82) is 0 Å². The van der Waals surface area contributed by atoms with Crippen LogP contribution < -0.4 is 0 Å². The van der Waals surface area contributed by atoms with Gasteiger partial charge < -0.3 is 5.11 Å². The highest BCUT2D eigenvalue weighted by atomic mass is 35.5. The number of halogens is 7. The molecule has 0 radical (unpaired) electrons. The van der Waals surface area contributed by atoms with E-state index < -0.39 is 35.5 Å². The van der Waals surface area contributed by atoms with Crippen LogP contribution in [0.3, 0.4) is 0 Å². The summed E-state index contributed by atoms with van der Waals surface area (Å²) in [6, 6.07) is 2.94. The zero-order chi connectivity index (χ0) is 23.7. The number of nitrogens with zero attached hydrogens (tertiary/aromatic N) is 1. The van der Waals surface area contributed by atoms with Gasteiger partial charge in [0.25, 0.3) is 0 Å². The predicted octanol–water partition coefficient (Wildman–Crippen LogP) is 6.48. The minimum atomic E-state index is -4.58. The number of carbonyl (C=O) groups is 1. The summed E-state index contributed by atoms with van der Waals surface area (Å²) in [6.07, 6.45) is -4.69. The Morgan fingerprint density at radius 3 is 2.44 bits per heavy atom. The number of hydrogen-bond donors (Lipinski definition) is 1. The summed E-state index contributed by atoms with van der Waals surface area (Å²) in [4.78, 5) is 13.0. The Kier molecular flexibility index (Phi) is 7.29. The van der Waals surface area contributed by atoms with Gasteiger partial charge in [0.05, 0.1) is 11.1 Å². The minimum Gasteiger partial charge on any atom is -0.481 e. The van der Waals surface area contributed by atoms with E-state index in [9.17, 15) is 31.1 Å². The van der Waals surface area contributed by atoms with E-state index in [0.29, 0.717) is 19.4 Å². The van der Waals surface area contributed by atoms with Crippen LogP contribution in [-0.4, -0.2) is 34.7 Å². The van der Waals surface area contributed by atoms with Crippen LogP contribution in [0, 0.1) is 11.8 Å². The Bertz CT molecular complexity index is 909. The molecule has 32 heavy (non-hydrogen) atoms. The van der Waals surface area contributed by atoms with E-state index in [0.717, 1.165) is 24.3 Å². The fourth-order valence-corrected chi connectivity index (χ4v) is 4.71. The number of benzene rings is 1. The third kappa shape index (κ3) is 6.07. The molecule has 1 aliphatic carbocycles. The molecule has 0 spiro atoms. The van der Waals surface area contributed by atoms with Gasteiger partial charge in [0.2, 0.25) is 0 Å². The van der Waals surface area contributed by atoms with Gasteiger partial charge in [0.1, 0.15) is 0 Å². The number of piperidine rings is 1. The standard InChI is InChI=1S/C22H22ClF6NO2/c23-17-5-6-18(22(27,28)29)15(11-17)12-30-8-7-13(10-20(31)32)9-19(30)14-1-3-16(4-2-14)21(24,25)26/h1,3-6,11,13-14,19H,2,7-10,12H2,(H,31,32)/t13-,14?,19+/m0/s1. The summed E-state index contributed by atoms with van der Waals surface area (Å²) in [5, 5.41) is 9.30. The average molecular weight is 482 g/mol. The fourth-order valence-electron chi connectivity index (χ4n) is 4.52. The first-order valence-corrected chi connectivity index (χ1v) is 10.5. The number of carboxylic acid groups (broad SMARTS) is 1. The van der Waals surface area contributed by atoms with Crippen molar-refractivity contribution in [2.24, 2.45) is 11.8 Å². The van der Waals surface area contributed by atoms with Gasteiger partial charge in [-0.3, -0.25) is 9.69 Å². The van der Waals surface area contributed by atoms with E-state index in [1.54, 1.807) is 4.90 Å². The summed E-state index contributed by atoms with van der Waals surface area (Å²) in [6.45, 7) is 0.257. The molecule has 3 atom stereocenters. The summed E-state index contributed by atoms with van der Waals surface area (Å²) in [5.41, 5.74) is -1.59. The van der Waals surface area contributed by atoms with Gasteiger partial charge in [-0.1, -0.05) is 29.8 Å². The van der Waals surface area contributed by atoms with E-state index in [4.69, 9.17) is 16.7 Å². The Hall–Kier alpha value is -2.00. The average Bonchev–Trinajstić information content (AvgIpc) is 2.67. The van der Waals surface area contributed by atoms with E-state index >= 15 is 0 Å². The summed E-state index contributed by atoms with van der Waals surface area (Å²) in [7, 11) is 0. The molecular formula is C22H22ClF6NO2. The maximum Gasteiger partial charge on any atom is 0.416 e. The van der Waals surface area contributed by atoms with Crippen molar-refractivity contribution >= 4 is 17.6 Å². The Morgan fingerprint density at radius 2 is 1.88 bits per heavy atom. The number of aliphatic carboxylic acids is 1. The minimum absolute atomic E-state index is 0.0157. The topological polar surface area (TPSA) is 40.5 Å². The first-order valence-electron chi connectivity index (χ1n) is 10.1. The molecular weight excluding hydrogens is 460 g/mol. The normalized spacial score (nSPS) is 25.0. The number of likely N-dealkylation sites (tertiary alicyclic amines) is 1. The smallest absolute Gasteiger partial charge is 0.416 e. The highest BCUT2D eigenvalue weighted by molar-refractivity contribution is 6.30. The van der Waals surface area contributed by atoms with Crippen molar-refractivity contribution in [2.75, 3.05) is 6.54 Å². The van der Waals surface area contributed by atoms with Crippen molar-refractivity contribution in [2.45, 2.75) is 50.6 Å². The second-order valence-corrected chi connectivity index (χ2v) is 8.68. The van der Waals surface area contributed by atoms with Crippen LogP contribution in [0.4, 0.5) is 26.3 Å². The number of allylic oxidation sites excluding steroid dienone is 3. The van der Waals surface area contributed by atoms with Crippen LogP contribution >= 0.6 is 11.6 Å². The molecule has 0 aromatic heterocycles. The van der Waals surface area contributed by atoms with Gasteiger partial charge in [0.15, 0.2) is 0 Å². The summed E-state index contributed by atoms with van der Waals surface area (Å²) >= 11 is 5.93. The molecule has 1 saturated heterocycles. The van der Waals surface area contributed by atoms with Gasteiger partial charge >= 0.3 is 18.3 Å². The second-order valence-electron chi connectivity index (χ2n) is 8.24. The molecule has 1 aromatic carbocycles. The third-order valence-corrected chi connectivity index (χ3v) is 6.27. The molecule has 0 amide bonds. The molecule has 1 unspecified atom stereocenters. The quantitative estimate of drug-likeness (QED) is 0.489. The number of hydrogen-bond acceptors (Lipinski definition) is 2. The van der Waals surface area contributed by atoms with Crippen molar-refractivity contribution in [3.63, 3.8) is 0 Å². The predicted molar refractivity (Wildman–Crippen MR) is 107 cm³/mol. The zero-order valence-electron chi connectivity index (χ0n) is 16.9. The maximum atomic E-state index is 13.5. The molecule has 0 bridgehead atoms. The molecule has 176 valence electrons. The Balaban J connectivity index is 1.86. The molecule has 1 N–H and O–H groups in total. The third-order valence-electron chi connectivity index (χ3n) is 6.03. The molecule has 0 saturated carbocycles. The molecule has 1 fully saturated rings. The molecule has 10 heteroatoms. The lowest BCUT2D eigenvalue weighted by atomic mass is 9.79. The van der Waals surface area contributed by atoms with Crippen molar-refractivity contribution in [3.05, 3.63) is 58.1 Å². The highest BCUT2D eigenvalue weighted by Crippen LogP contribution is 2.39. The van der Waals surface area contributed by atoms with Crippen LogP contribution in [0.1, 0.15) is 36.8 Å². The van der Waals surface area contributed by atoms with Crippen LogP contribution in [0.2, 0.25) is 5.02 Å². The molecule has 1 aliphatic heterocycles. The lowest BCUT2D eigenvalue weighted by Gasteiger charge is -2.43. The lowest BCUT2D eigenvalue weighted by Crippen LogP contribution is -2.46. The van der Waals surface area contributed by atoms with E-state index in [1.807, 2.05) is 0 Å². The van der Waals surface area contributed by atoms with Gasteiger partial charge in [-0.15, -0.1) is 0 Å². The maximum absolute atomic E-state index is 13.5. The second kappa shape index (κ2) is 9.47. The highest BCUT2D eigenvalue weighted by Gasteiger charge is 2.39. The monoisotopic (exact) mass is 481 g/mol. The summed E-state index contributed by atoms with van der Waals surface area (Å²) < 4.78 is 79.4. The summed E-state index contributed by atoms with van der Waals surface area (Å²) in [5.74, 6) is -1.54. The Labute approximate surface area is 186 Å².